The summed E-state index contributed by atoms with van der Waals surface area (Å²) in [7, 11) is 0. The zero-order chi connectivity index (χ0) is 15.4. The monoisotopic (exact) mass is 300 g/mol. The van der Waals surface area contributed by atoms with Crippen LogP contribution in [-0.4, -0.2) is 16.0 Å². The van der Waals surface area contributed by atoms with E-state index < -0.39 is 0 Å². The first-order valence-electron chi connectivity index (χ1n) is 6.44. The Bertz CT molecular complexity index is 681. The van der Waals surface area contributed by atoms with Crippen molar-refractivity contribution in [2.45, 2.75) is 13.8 Å². The fourth-order valence-electron chi connectivity index (χ4n) is 1.82. The lowest BCUT2D eigenvalue weighted by atomic mass is 10.1. The standard InChI is InChI=1S/C16H16N2O2S/c1-10-3-8-15(20)14(9-10)18-16(21)17-13-6-4-12(5-7-13)11(2)19/h3-9,20H,1-2H3,(H2,17,18,21). The molecule has 0 saturated heterocycles. The lowest BCUT2D eigenvalue weighted by molar-refractivity contribution is 0.101. The molecule has 0 fully saturated rings. The van der Waals surface area contributed by atoms with Gasteiger partial charge in [0.15, 0.2) is 10.9 Å². The molecule has 2 aromatic carbocycles. The summed E-state index contributed by atoms with van der Waals surface area (Å²) in [6.45, 7) is 3.46. The summed E-state index contributed by atoms with van der Waals surface area (Å²) in [5, 5.41) is 16.1. The van der Waals surface area contributed by atoms with Crippen molar-refractivity contribution in [3.05, 3.63) is 53.6 Å². The minimum Gasteiger partial charge on any atom is -0.506 e. The van der Waals surface area contributed by atoms with Crippen molar-refractivity contribution >= 4 is 34.5 Å². The molecule has 21 heavy (non-hydrogen) atoms. The van der Waals surface area contributed by atoms with Gasteiger partial charge < -0.3 is 15.7 Å². The van der Waals surface area contributed by atoms with Crippen molar-refractivity contribution in [1.82, 2.24) is 0 Å². The van der Waals surface area contributed by atoms with Crippen molar-refractivity contribution in [2.24, 2.45) is 0 Å². The molecule has 4 nitrogen and oxygen atoms in total. The maximum atomic E-state index is 11.2. The second kappa shape index (κ2) is 6.37. The number of rotatable bonds is 3. The van der Waals surface area contributed by atoms with Crippen LogP contribution in [0.2, 0.25) is 0 Å². The van der Waals surface area contributed by atoms with Crippen molar-refractivity contribution in [2.75, 3.05) is 10.6 Å². The van der Waals surface area contributed by atoms with E-state index in [2.05, 4.69) is 10.6 Å². The molecule has 0 aromatic heterocycles. The van der Waals surface area contributed by atoms with E-state index in [1.807, 2.05) is 19.1 Å². The molecule has 0 atom stereocenters. The molecule has 0 spiro atoms. The maximum Gasteiger partial charge on any atom is 0.175 e. The Morgan fingerprint density at radius 1 is 1.10 bits per heavy atom. The highest BCUT2D eigenvalue weighted by atomic mass is 32.1. The molecule has 0 radical (unpaired) electrons. The number of carbonyl (C=O) groups excluding carboxylic acids is 1. The van der Waals surface area contributed by atoms with Gasteiger partial charge in [0, 0.05) is 11.3 Å². The number of phenolic OH excluding ortho intramolecular Hbond substituents is 1. The molecule has 5 heteroatoms. The smallest absolute Gasteiger partial charge is 0.175 e. The van der Waals surface area contributed by atoms with E-state index in [1.165, 1.54) is 6.92 Å². The largest absolute Gasteiger partial charge is 0.506 e. The number of thiocarbonyl (C=S) groups is 1. The first-order chi connectivity index (χ1) is 9.95. The third-order valence-corrected chi connectivity index (χ3v) is 3.15. The highest BCUT2D eigenvalue weighted by Crippen LogP contribution is 2.24. The Hall–Kier alpha value is -2.40. The highest BCUT2D eigenvalue weighted by molar-refractivity contribution is 7.80. The minimum atomic E-state index is 0.0203. The summed E-state index contributed by atoms with van der Waals surface area (Å²) in [4.78, 5) is 11.2. The van der Waals surface area contributed by atoms with Crippen molar-refractivity contribution < 1.29 is 9.90 Å². The van der Waals surface area contributed by atoms with Crippen LogP contribution in [0.25, 0.3) is 0 Å². The number of Topliss-reactive ketones (excluding diaryl/α,β-unsaturated/α-hetero) is 1. The number of aryl methyl sites for hydroxylation is 1. The number of nitrogens with one attached hydrogen (secondary N) is 2. The van der Waals surface area contributed by atoms with E-state index in [0.717, 1.165) is 11.3 Å². The van der Waals surface area contributed by atoms with Gasteiger partial charge in [0.25, 0.3) is 0 Å². The van der Waals surface area contributed by atoms with Gasteiger partial charge in [-0.2, -0.15) is 0 Å². The van der Waals surface area contributed by atoms with E-state index in [0.29, 0.717) is 16.4 Å². The quantitative estimate of drug-likeness (QED) is 0.458. The summed E-state index contributed by atoms with van der Waals surface area (Å²) in [5.74, 6) is 0.156. The Labute approximate surface area is 128 Å². The van der Waals surface area contributed by atoms with Crippen molar-refractivity contribution in [3.63, 3.8) is 0 Å². The van der Waals surface area contributed by atoms with Gasteiger partial charge in [-0.15, -0.1) is 0 Å². The molecule has 0 amide bonds. The van der Waals surface area contributed by atoms with Crippen LogP contribution >= 0.6 is 12.2 Å². The van der Waals surface area contributed by atoms with Crippen LogP contribution in [0.5, 0.6) is 5.75 Å². The van der Waals surface area contributed by atoms with Crippen molar-refractivity contribution in [1.29, 1.82) is 0 Å². The zero-order valence-electron chi connectivity index (χ0n) is 11.8. The maximum absolute atomic E-state index is 11.2. The first-order valence-corrected chi connectivity index (χ1v) is 6.85. The van der Waals surface area contributed by atoms with E-state index in [1.54, 1.807) is 30.3 Å². The number of aromatic hydroxyl groups is 1. The third kappa shape index (κ3) is 4.03. The van der Waals surface area contributed by atoms with Crippen LogP contribution in [0.3, 0.4) is 0 Å². The summed E-state index contributed by atoms with van der Waals surface area (Å²) in [5.41, 5.74) is 2.98. The molecule has 0 heterocycles. The van der Waals surface area contributed by atoms with E-state index in [4.69, 9.17) is 12.2 Å². The van der Waals surface area contributed by atoms with Gasteiger partial charge in [-0.25, -0.2) is 0 Å². The lowest BCUT2D eigenvalue weighted by Gasteiger charge is -2.12. The predicted octanol–water partition coefficient (Wildman–Crippen LogP) is 3.71. The van der Waals surface area contributed by atoms with Gasteiger partial charge in [-0.3, -0.25) is 4.79 Å². The van der Waals surface area contributed by atoms with Crippen LogP contribution in [0.15, 0.2) is 42.5 Å². The third-order valence-electron chi connectivity index (χ3n) is 2.95. The predicted molar refractivity (Wildman–Crippen MR) is 89.1 cm³/mol. The molecule has 0 saturated carbocycles. The number of ketones is 1. The average molecular weight is 300 g/mol. The van der Waals surface area contributed by atoms with Gasteiger partial charge >= 0.3 is 0 Å². The summed E-state index contributed by atoms with van der Waals surface area (Å²) in [6.07, 6.45) is 0. The Balaban J connectivity index is 2.04. The minimum absolute atomic E-state index is 0.0203. The van der Waals surface area contributed by atoms with Gasteiger partial charge in [-0.1, -0.05) is 6.07 Å². The van der Waals surface area contributed by atoms with Gasteiger partial charge in [0.2, 0.25) is 0 Å². The lowest BCUT2D eigenvalue weighted by Crippen LogP contribution is -2.19. The van der Waals surface area contributed by atoms with Gasteiger partial charge in [-0.05, 0) is 68.0 Å². The number of hydrogen-bond donors (Lipinski definition) is 3. The highest BCUT2D eigenvalue weighted by Gasteiger charge is 2.05. The average Bonchev–Trinajstić information content (AvgIpc) is 2.43. The second-order valence-electron chi connectivity index (χ2n) is 4.73. The molecule has 0 bridgehead atoms. The molecule has 108 valence electrons. The molecular weight excluding hydrogens is 284 g/mol. The fourth-order valence-corrected chi connectivity index (χ4v) is 2.05. The Morgan fingerprint density at radius 2 is 1.76 bits per heavy atom. The fraction of sp³-hybridized carbons (Fsp3) is 0.125. The molecule has 0 unspecified atom stereocenters. The molecule has 0 aliphatic carbocycles. The Kier molecular flexibility index (Phi) is 4.55. The molecular formula is C16H16N2O2S. The van der Waals surface area contributed by atoms with Crippen LogP contribution in [-0.2, 0) is 0 Å². The molecule has 3 N–H and O–H groups in total. The second-order valence-corrected chi connectivity index (χ2v) is 5.14. The van der Waals surface area contributed by atoms with Crippen LogP contribution < -0.4 is 10.6 Å². The van der Waals surface area contributed by atoms with Crippen LogP contribution in [0, 0.1) is 6.92 Å². The number of benzene rings is 2. The molecule has 2 aromatic rings. The van der Waals surface area contributed by atoms with Crippen molar-refractivity contribution in [3.8, 4) is 5.75 Å². The number of hydrogen-bond acceptors (Lipinski definition) is 3. The molecule has 0 aliphatic heterocycles. The molecule has 0 aliphatic rings. The topological polar surface area (TPSA) is 61.4 Å². The zero-order valence-corrected chi connectivity index (χ0v) is 12.6. The van der Waals surface area contributed by atoms with Crippen LogP contribution in [0.1, 0.15) is 22.8 Å². The SMILES string of the molecule is CC(=O)c1ccc(NC(=S)Nc2cc(C)ccc2O)cc1. The number of carbonyl (C=O) groups is 1. The van der Waals surface area contributed by atoms with Gasteiger partial charge in [0.1, 0.15) is 5.75 Å². The first kappa shape index (κ1) is 15.0. The van der Waals surface area contributed by atoms with E-state index in [9.17, 15) is 9.90 Å². The van der Waals surface area contributed by atoms with E-state index in [-0.39, 0.29) is 11.5 Å². The summed E-state index contributed by atoms with van der Waals surface area (Å²) in [6, 6.07) is 12.3. The summed E-state index contributed by atoms with van der Waals surface area (Å²) >= 11 is 5.21. The van der Waals surface area contributed by atoms with Gasteiger partial charge in [0.05, 0.1) is 5.69 Å². The Morgan fingerprint density at radius 3 is 2.38 bits per heavy atom. The summed E-state index contributed by atoms with van der Waals surface area (Å²) < 4.78 is 0. The number of phenols is 1. The molecule has 2 rings (SSSR count). The number of anilines is 2. The van der Waals surface area contributed by atoms with E-state index >= 15 is 0 Å². The normalized spacial score (nSPS) is 10.0. The van der Waals surface area contributed by atoms with Crippen LogP contribution in [0.4, 0.5) is 11.4 Å².